The van der Waals surface area contributed by atoms with Crippen molar-refractivity contribution < 1.29 is 13.6 Å². The summed E-state index contributed by atoms with van der Waals surface area (Å²) in [5.74, 6) is -0.0929. The molecule has 162 valence electrons. The molecule has 7 nitrogen and oxygen atoms in total. The van der Waals surface area contributed by atoms with Crippen LogP contribution in [0.3, 0.4) is 0 Å². The molecule has 1 amide bonds. The molecule has 0 saturated carbocycles. The molecule has 0 bridgehead atoms. The Kier molecular flexibility index (Phi) is 6.86. The molecule has 3 aromatic rings. The largest absolute Gasteiger partial charge is 0.302 e. The Bertz CT molecular complexity index is 1060. The van der Waals surface area contributed by atoms with Crippen molar-refractivity contribution in [1.29, 1.82) is 0 Å². The number of thioether (sulfide) groups is 1. The second-order valence-corrected chi connectivity index (χ2v) is 8.73. The van der Waals surface area contributed by atoms with Crippen LogP contribution in [0.25, 0.3) is 11.4 Å². The van der Waals surface area contributed by atoms with E-state index in [4.69, 9.17) is 0 Å². The summed E-state index contributed by atoms with van der Waals surface area (Å²) < 4.78 is 30.2. The van der Waals surface area contributed by atoms with Crippen LogP contribution in [-0.2, 0) is 11.3 Å². The zero-order chi connectivity index (χ0) is 21.8. The lowest BCUT2D eigenvalue weighted by Crippen LogP contribution is -2.38. The maximum Gasteiger partial charge on any atom is 0.245 e. The quantitative estimate of drug-likeness (QED) is 0.411. The van der Waals surface area contributed by atoms with Gasteiger partial charge in [-0.1, -0.05) is 36.0 Å². The molecule has 4 rings (SSSR count). The molecular formula is C20H20F2N6OS2. The number of hydrogen-bond acceptors (Lipinski definition) is 7. The number of nitrogens with zero attached hydrogens (tertiary/aromatic N) is 4. The van der Waals surface area contributed by atoms with E-state index >= 15 is 0 Å². The summed E-state index contributed by atoms with van der Waals surface area (Å²) in [5, 5.41) is 12.1. The third-order valence-electron chi connectivity index (χ3n) is 4.52. The van der Waals surface area contributed by atoms with Crippen LogP contribution >= 0.6 is 23.7 Å². The number of benzene rings is 2. The van der Waals surface area contributed by atoms with Crippen LogP contribution < -0.4 is 10.7 Å². The van der Waals surface area contributed by atoms with Gasteiger partial charge in [-0.2, -0.15) is 0 Å². The summed E-state index contributed by atoms with van der Waals surface area (Å²) >= 11 is 2.69. The molecule has 1 atom stereocenters. The number of amides is 1. The first-order chi connectivity index (χ1) is 15.0. The Morgan fingerprint density at radius 3 is 2.77 bits per heavy atom. The Morgan fingerprint density at radius 2 is 2.03 bits per heavy atom. The average Bonchev–Trinajstić information content (AvgIpc) is 3.39. The number of hydrazine groups is 1. The second kappa shape index (κ2) is 9.77. The lowest BCUT2D eigenvalue weighted by atomic mass is 10.2. The van der Waals surface area contributed by atoms with Crippen LogP contribution in [-0.4, -0.2) is 37.5 Å². The van der Waals surface area contributed by atoms with Crippen LogP contribution in [0, 0.1) is 11.6 Å². The number of nitrogens with one attached hydrogen (secondary N) is 2. The monoisotopic (exact) mass is 462 g/mol. The first-order valence-electron chi connectivity index (χ1n) is 9.58. The molecule has 1 fully saturated rings. The number of hydrogen-bond donors (Lipinski definition) is 2. The van der Waals surface area contributed by atoms with Crippen LogP contribution in [0.4, 0.5) is 8.78 Å². The number of rotatable bonds is 7. The van der Waals surface area contributed by atoms with Crippen LogP contribution in [0.5, 0.6) is 0 Å². The Labute approximate surface area is 186 Å². The van der Waals surface area contributed by atoms with E-state index in [9.17, 15) is 13.6 Å². The predicted molar refractivity (Wildman–Crippen MR) is 117 cm³/mol. The van der Waals surface area contributed by atoms with Gasteiger partial charge in [-0.05, 0) is 48.7 Å². The summed E-state index contributed by atoms with van der Waals surface area (Å²) in [6.45, 7) is 2.99. The summed E-state index contributed by atoms with van der Waals surface area (Å²) in [6, 6.07) is 12.4. The Morgan fingerprint density at radius 1 is 1.23 bits per heavy atom. The van der Waals surface area contributed by atoms with Crippen molar-refractivity contribution in [2.24, 2.45) is 0 Å². The third kappa shape index (κ3) is 5.24. The van der Waals surface area contributed by atoms with E-state index in [0.717, 1.165) is 5.56 Å². The zero-order valence-electron chi connectivity index (χ0n) is 16.6. The van der Waals surface area contributed by atoms with Crippen LogP contribution in [0.15, 0.2) is 53.7 Å². The van der Waals surface area contributed by atoms with Gasteiger partial charge in [-0.15, -0.1) is 14.6 Å². The van der Waals surface area contributed by atoms with E-state index in [1.54, 1.807) is 28.7 Å². The van der Waals surface area contributed by atoms with Gasteiger partial charge < -0.3 is 4.57 Å². The number of carbonyl (C=O) groups excluding carboxylic acids is 1. The van der Waals surface area contributed by atoms with Crippen molar-refractivity contribution in [1.82, 2.24) is 29.9 Å². The van der Waals surface area contributed by atoms with Crippen molar-refractivity contribution >= 4 is 29.6 Å². The molecule has 1 aromatic heterocycles. The third-order valence-corrected chi connectivity index (χ3v) is 6.61. The molecule has 0 radical (unpaired) electrons. The van der Waals surface area contributed by atoms with Crippen molar-refractivity contribution in [3.63, 3.8) is 0 Å². The second-order valence-electron chi connectivity index (χ2n) is 6.66. The van der Waals surface area contributed by atoms with E-state index in [1.807, 2.05) is 11.5 Å². The van der Waals surface area contributed by atoms with Gasteiger partial charge in [0, 0.05) is 12.1 Å². The SMILES string of the molecule is CCn1c(SCC(=O)NN2CNC(c3ccc(F)cc3)S2)nnc1-c1cccc(F)c1. The molecule has 2 aromatic carbocycles. The predicted octanol–water partition coefficient (Wildman–Crippen LogP) is 3.58. The summed E-state index contributed by atoms with van der Waals surface area (Å²) in [5.41, 5.74) is 4.40. The van der Waals surface area contributed by atoms with Gasteiger partial charge in [0.2, 0.25) is 5.91 Å². The van der Waals surface area contributed by atoms with Gasteiger partial charge in [0.1, 0.15) is 11.6 Å². The van der Waals surface area contributed by atoms with Crippen molar-refractivity contribution in [3.05, 3.63) is 65.7 Å². The minimum absolute atomic E-state index is 0.0643. The van der Waals surface area contributed by atoms with Crippen molar-refractivity contribution in [2.45, 2.75) is 24.0 Å². The van der Waals surface area contributed by atoms with Gasteiger partial charge >= 0.3 is 0 Å². The van der Waals surface area contributed by atoms with Crippen LogP contribution in [0.2, 0.25) is 0 Å². The highest BCUT2D eigenvalue weighted by molar-refractivity contribution is 7.99. The molecule has 31 heavy (non-hydrogen) atoms. The van der Waals surface area contributed by atoms with E-state index in [1.165, 1.54) is 48.0 Å². The summed E-state index contributed by atoms with van der Waals surface area (Å²) in [6.07, 6.45) is 0. The van der Waals surface area contributed by atoms with Gasteiger partial charge in [-0.3, -0.25) is 15.5 Å². The fourth-order valence-corrected chi connectivity index (χ4v) is 4.85. The van der Waals surface area contributed by atoms with E-state index < -0.39 is 0 Å². The van der Waals surface area contributed by atoms with Gasteiger partial charge in [-0.25, -0.2) is 8.78 Å². The Hall–Kier alpha value is -2.47. The fraction of sp³-hybridized carbons (Fsp3) is 0.250. The molecule has 1 aliphatic rings. The minimum Gasteiger partial charge on any atom is -0.302 e. The average molecular weight is 463 g/mol. The maximum atomic E-state index is 13.6. The highest BCUT2D eigenvalue weighted by Gasteiger charge is 2.26. The number of carbonyl (C=O) groups is 1. The molecule has 2 heterocycles. The molecule has 0 aliphatic carbocycles. The zero-order valence-corrected chi connectivity index (χ0v) is 18.2. The molecule has 0 spiro atoms. The highest BCUT2D eigenvalue weighted by Crippen LogP contribution is 2.32. The molecule has 1 unspecified atom stereocenters. The van der Waals surface area contributed by atoms with E-state index in [-0.39, 0.29) is 28.7 Å². The molecule has 1 aliphatic heterocycles. The lowest BCUT2D eigenvalue weighted by molar-refractivity contribution is -0.121. The molecule has 1 saturated heterocycles. The fourth-order valence-electron chi connectivity index (χ4n) is 3.07. The topological polar surface area (TPSA) is 75.1 Å². The first-order valence-corrected chi connectivity index (χ1v) is 11.4. The van der Waals surface area contributed by atoms with Gasteiger partial charge in [0.25, 0.3) is 0 Å². The molecule has 11 heteroatoms. The first kappa shape index (κ1) is 21.8. The van der Waals surface area contributed by atoms with Gasteiger partial charge in [0.15, 0.2) is 11.0 Å². The van der Waals surface area contributed by atoms with Gasteiger partial charge in [0.05, 0.1) is 17.8 Å². The van der Waals surface area contributed by atoms with E-state index in [0.29, 0.717) is 29.8 Å². The molecular weight excluding hydrogens is 442 g/mol. The highest BCUT2D eigenvalue weighted by atomic mass is 32.2. The van der Waals surface area contributed by atoms with E-state index in [2.05, 4.69) is 20.9 Å². The normalized spacial score (nSPS) is 16.5. The maximum absolute atomic E-state index is 13.6. The number of aromatic nitrogens is 3. The Balaban J connectivity index is 1.33. The van der Waals surface area contributed by atoms with Crippen molar-refractivity contribution in [2.75, 3.05) is 12.4 Å². The standard InChI is InChI=1S/C20H20F2N6OS2/c1-2-27-18(14-4-3-5-16(22)10-14)24-25-20(27)30-11-17(29)26-28-12-23-19(31-28)13-6-8-15(21)9-7-13/h3-10,19,23H,2,11-12H2,1H3,(H,26,29). The lowest BCUT2D eigenvalue weighted by Gasteiger charge is -2.15. The van der Waals surface area contributed by atoms with Crippen LogP contribution in [0.1, 0.15) is 17.9 Å². The summed E-state index contributed by atoms with van der Waals surface area (Å²) in [4.78, 5) is 12.4. The summed E-state index contributed by atoms with van der Waals surface area (Å²) in [7, 11) is 0. The number of halogens is 2. The minimum atomic E-state index is -0.340. The smallest absolute Gasteiger partial charge is 0.245 e. The molecule has 2 N–H and O–H groups in total. The van der Waals surface area contributed by atoms with Crippen molar-refractivity contribution in [3.8, 4) is 11.4 Å².